The van der Waals surface area contributed by atoms with Crippen LogP contribution in [0.1, 0.15) is 31.2 Å². The van der Waals surface area contributed by atoms with Gasteiger partial charge in [0.25, 0.3) is 0 Å². The first kappa shape index (κ1) is 15.4. The number of amides is 1. The van der Waals surface area contributed by atoms with Gasteiger partial charge in [0.1, 0.15) is 11.6 Å². The summed E-state index contributed by atoms with van der Waals surface area (Å²) >= 11 is 0. The third-order valence-corrected chi connectivity index (χ3v) is 3.71. The van der Waals surface area contributed by atoms with Gasteiger partial charge in [-0.2, -0.15) is 0 Å². The number of carbonyl (C=O) groups excluding carboxylic acids is 1. The number of aliphatic carboxylic acids is 1. The Morgan fingerprint density at radius 1 is 1.29 bits per heavy atom. The normalized spacial score (nSPS) is 18.6. The van der Waals surface area contributed by atoms with E-state index in [1.54, 1.807) is 0 Å². The first-order valence-corrected chi connectivity index (χ1v) is 6.92. The number of carboxylic acid groups (broad SMARTS) is 1. The molecule has 4 nitrogen and oxygen atoms in total. The monoisotopic (exact) mass is 297 g/mol. The fraction of sp³-hybridized carbons (Fsp3) is 0.467. The highest BCUT2D eigenvalue weighted by Gasteiger charge is 2.28. The van der Waals surface area contributed by atoms with Gasteiger partial charge in [-0.1, -0.05) is 6.07 Å². The van der Waals surface area contributed by atoms with Crippen molar-refractivity contribution in [1.29, 1.82) is 0 Å². The van der Waals surface area contributed by atoms with E-state index in [0.29, 0.717) is 13.0 Å². The van der Waals surface area contributed by atoms with Crippen molar-refractivity contribution in [2.24, 2.45) is 0 Å². The summed E-state index contributed by atoms with van der Waals surface area (Å²) in [6.45, 7) is 0.486. The van der Waals surface area contributed by atoms with Gasteiger partial charge in [0, 0.05) is 18.7 Å². The molecule has 1 aromatic rings. The van der Waals surface area contributed by atoms with E-state index in [-0.39, 0.29) is 30.4 Å². The van der Waals surface area contributed by atoms with E-state index < -0.39 is 17.6 Å². The Balaban J connectivity index is 2.08. The lowest BCUT2D eigenvalue weighted by atomic mass is 9.98. The van der Waals surface area contributed by atoms with E-state index in [1.165, 1.54) is 11.0 Å². The van der Waals surface area contributed by atoms with Gasteiger partial charge in [-0.3, -0.25) is 9.59 Å². The second-order valence-electron chi connectivity index (χ2n) is 5.25. The van der Waals surface area contributed by atoms with Crippen molar-refractivity contribution in [3.8, 4) is 0 Å². The van der Waals surface area contributed by atoms with Crippen molar-refractivity contribution in [1.82, 2.24) is 4.90 Å². The van der Waals surface area contributed by atoms with Crippen LogP contribution in [-0.2, 0) is 16.0 Å². The molecule has 6 heteroatoms. The number of hydrogen-bond acceptors (Lipinski definition) is 2. The Hall–Kier alpha value is -1.98. The summed E-state index contributed by atoms with van der Waals surface area (Å²) in [4.78, 5) is 24.6. The lowest BCUT2D eigenvalue weighted by molar-refractivity contribution is -0.141. The smallest absolute Gasteiger partial charge is 0.305 e. The van der Waals surface area contributed by atoms with E-state index in [9.17, 15) is 18.4 Å². The average Bonchev–Trinajstić information content (AvgIpc) is 2.42. The van der Waals surface area contributed by atoms with Crippen LogP contribution in [0.15, 0.2) is 18.2 Å². The van der Waals surface area contributed by atoms with E-state index in [2.05, 4.69) is 0 Å². The van der Waals surface area contributed by atoms with Gasteiger partial charge >= 0.3 is 5.97 Å². The van der Waals surface area contributed by atoms with Crippen molar-refractivity contribution in [2.75, 3.05) is 6.54 Å². The Morgan fingerprint density at radius 2 is 2.05 bits per heavy atom. The maximum atomic E-state index is 13.6. The van der Waals surface area contributed by atoms with E-state index in [4.69, 9.17) is 5.11 Å². The predicted molar refractivity (Wildman–Crippen MR) is 71.7 cm³/mol. The van der Waals surface area contributed by atoms with Crippen LogP contribution in [0.25, 0.3) is 0 Å². The molecule has 1 unspecified atom stereocenters. The zero-order valence-electron chi connectivity index (χ0n) is 11.5. The summed E-state index contributed by atoms with van der Waals surface area (Å²) in [6, 6.07) is 2.76. The molecule has 1 saturated heterocycles. The zero-order chi connectivity index (χ0) is 15.4. The second kappa shape index (κ2) is 6.65. The minimum Gasteiger partial charge on any atom is -0.481 e. The molecule has 0 radical (unpaired) electrons. The van der Waals surface area contributed by atoms with Gasteiger partial charge in [0.05, 0.1) is 12.8 Å². The lowest BCUT2D eigenvalue weighted by Crippen LogP contribution is -2.45. The first-order valence-electron chi connectivity index (χ1n) is 6.92. The van der Waals surface area contributed by atoms with Crippen molar-refractivity contribution in [3.63, 3.8) is 0 Å². The highest BCUT2D eigenvalue weighted by atomic mass is 19.1. The average molecular weight is 297 g/mol. The SMILES string of the molecule is O=C(O)CC1CCCCN1C(=O)Cc1ccc(F)cc1F. The number of piperidine rings is 1. The number of halogens is 2. The van der Waals surface area contributed by atoms with Crippen LogP contribution in [0.5, 0.6) is 0 Å². The van der Waals surface area contributed by atoms with E-state index in [1.807, 2.05) is 0 Å². The second-order valence-corrected chi connectivity index (χ2v) is 5.25. The maximum absolute atomic E-state index is 13.6. The van der Waals surface area contributed by atoms with Gasteiger partial charge in [0.15, 0.2) is 0 Å². The Kier molecular flexibility index (Phi) is 4.88. The molecule has 2 rings (SSSR count). The summed E-state index contributed by atoms with van der Waals surface area (Å²) in [5, 5.41) is 8.89. The van der Waals surface area contributed by atoms with Crippen LogP contribution < -0.4 is 0 Å². The predicted octanol–water partition coefficient (Wildman–Crippen LogP) is 2.36. The highest BCUT2D eigenvalue weighted by molar-refractivity contribution is 5.80. The summed E-state index contributed by atoms with van der Waals surface area (Å²) in [6.07, 6.45) is 2.06. The molecule has 1 amide bonds. The van der Waals surface area contributed by atoms with E-state index >= 15 is 0 Å². The topological polar surface area (TPSA) is 57.6 Å². The quantitative estimate of drug-likeness (QED) is 0.928. The summed E-state index contributed by atoms with van der Waals surface area (Å²) < 4.78 is 26.4. The molecule has 0 aromatic heterocycles. The number of hydrogen-bond donors (Lipinski definition) is 1. The molecule has 1 aliphatic heterocycles. The molecule has 0 bridgehead atoms. The minimum atomic E-state index is -0.951. The molecule has 0 spiro atoms. The molecular weight excluding hydrogens is 280 g/mol. The number of benzene rings is 1. The minimum absolute atomic E-state index is 0.0996. The molecule has 1 fully saturated rings. The summed E-state index contributed by atoms with van der Waals surface area (Å²) in [5.41, 5.74) is 0.126. The lowest BCUT2D eigenvalue weighted by Gasteiger charge is -2.35. The van der Waals surface area contributed by atoms with Crippen LogP contribution in [0, 0.1) is 11.6 Å². The first-order chi connectivity index (χ1) is 9.97. The number of rotatable bonds is 4. The third-order valence-electron chi connectivity index (χ3n) is 3.71. The maximum Gasteiger partial charge on any atom is 0.305 e. The molecule has 0 saturated carbocycles. The van der Waals surface area contributed by atoms with Gasteiger partial charge in [-0.15, -0.1) is 0 Å². The molecule has 1 atom stereocenters. The molecule has 21 heavy (non-hydrogen) atoms. The van der Waals surface area contributed by atoms with Crippen LogP contribution in [0.3, 0.4) is 0 Å². The van der Waals surface area contributed by atoms with Crippen molar-refractivity contribution >= 4 is 11.9 Å². The molecule has 1 aromatic carbocycles. The van der Waals surface area contributed by atoms with Crippen molar-refractivity contribution in [2.45, 2.75) is 38.1 Å². The largest absolute Gasteiger partial charge is 0.481 e. The van der Waals surface area contributed by atoms with E-state index in [0.717, 1.165) is 25.0 Å². The molecular formula is C15H17F2NO3. The Labute approximate surface area is 121 Å². The Bertz CT molecular complexity index is 548. The van der Waals surface area contributed by atoms with Crippen molar-refractivity contribution < 1.29 is 23.5 Å². The standard InChI is InChI=1S/C15H17F2NO3/c16-11-5-4-10(13(17)8-11)7-14(19)18-6-2-1-3-12(18)9-15(20)21/h4-5,8,12H,1-3,6-7,9H2,(H,20,21). The fourth-order valence-electron chi connectivity index (χ4n) is 2.67. The number of carbonyl (C=O) groups is 2. The van der Waals surface area contributed by atoms with Crippen LogP contribution in [0.4, 0.5) is 8.78 Å². The fourth-order valence-corrected chi connectivity index (χ4v) is 2.67. The molecule has 114 valence electrons. The highest BCUT2D eigenvalue weighted by Crippen LogP contribution is 2.21. The van der Waals surface area contributed by atoms with Crippen LogP contribution in [0.2, 0.25) is 0 Å². The van der Waals surface area contributed by atoms with Gasteiger partial charge in [-0.25, -0.2) is 8.78 Å². The molecule has 0 aliphatic carbocycles. The summed E-state index contributed by atoms with van der Waals surface area (Å²) in [7, 11) is 0. The number of carboxylic acids is 1. The van der Waals surface area contributed by atoms with Gasteiger partial charge in [-0.05, 0) is 30.9 Å². The zero-order valence-corrected chi connectivity index (χ0v) is 11.5. The summed E-state index contributed by atoms with van der Waals surface area (Å²) in [5.74, 6) is -2.71. The molecule has 1 heterocycles. The van der Waals surface area contributed by atoms with Crippen molar-refractivity contribution in [3.05, 3.63) is 35.4 Å². The van der Waals surface area contributed by atoms with Crippen LogP contribution >= 0.6 is 0 Å². The number of nitrogens with zero attached hydrogens (tertiary/aromatic N) is 1. The molecule has 1 N–H and O–H groups in total. The number of likely N-dealkylation sites (tertiary alicyclic amines) is 1. The third kappa shape index (κ3) is 4.00. The van der Waals surface area contributed by atoms with Gasteiger partial charge < -0.3 is 10.0 Å². The van der Waals surface area contributed by atoms with Gasteiger partial charge in [0.2, 0.25) is 5.91 Å². The molecule has 1 aliphatic rings. The Morgan fingerprint density at radius 3 is 2.71 bits per heavy atom. The van der Waals surface area contributed by atoms with Crippen LogP contribution in [-0.4, -0.2) is 34.5 Å².